The molecule has 0 radical (unpaired) electrons. The maximum absolute atomic E-state index is 5.15. The van der Waals surface area contributed by atoms with E-state index in [1.807, 2.05) is 177 Å². The molecular formula is C65H88N6O2S10. The minimum absolute atomic E-state index is 0.843. The molecule has 12 aromatic heterocycles. The first kappa shape index (κ1) is 76.2. The Bertz CT molecular complexity index is 2630. The number of thiophene rings is 4. The van der Waals surface area contributed by atoms with Crippen LogP contribution in [-0.2, 0) is 12.8 Å². The van der Waals surface area contributed by atoms with Gasteiger partial charge in [0.1, 0.15) is 15.8 Å². The van der Waals surface area contributed by atoms with E-state index in [1.165, 1.54) is 95.5 Å². The summed E-state index contributed by atoms with van der Waals surface area (Å²) in [7, 11) is 0. The van der Waals surface area contributed by atoms with E-state index in [2.05, 4.69) is 108 Å². The molecule has 0 atom stereocenters. The highest BCUT2D eigenvalue weighted by molar-refractivity contribution is 7.22. The minimum atomic E-state index is 0.843. The molecule has 18 heteroatoms. The number of nitrogens with zero attached hydrogens (tertiary/aromatic N) is 6. The largest absolute Gasteiger partial charge is 0.463 e. The molecule has 0 bridgehead atoms. The molecule has 0 N–H and O–H groups in total. The molecule has 450 valence electrons. The summed E-state index contributed by atoms with van der Waals surface area (Å²) < 4.78 is 10.3. The van der Waals surface area contributed by atoms with Gasteiger partial charge in [0, 0.05) is 62.6 Å². The Morgan fingerprint density at radius 1 is 0.349 bits per heavy atom. The summed E-state index contributed by atoms with van der Waals surface area (Å²) in [6.45, 7) is 28.5. The van der Waals surface area contributed by atoms with E-state index in [9.17, 15) is 0 Å². The lowest BCUT2D eigenvalue weighted by Crippen LogP contribution is -1.81. The molecule has 0 fully saturated rings. The number of aryl methyl sites for hydroxylation is 2. The zero-order valence-corrected chi connectivity index (χ0v) is 59.3. The highest BCUT2D eigenvalue weighted by Gasteiger charge is 2.07. The first-order valence-electron chi connectivity index (χ1n) is 28.8. The first-order valence-corrected chi connectivity index (χ1v) is 37.5. The maximum Gasteiger partial charge on any atom is 0.162 e. The van der Waals surface area contributed by atoms with E-state index in [0.29, 0.717) is 0 Å². The fourth-order valence-corrected chi connectivity index (χ4v) is 13.8. The Morgan fingerprint density at radius 2 is 0.831 bits per heavy atom. The fourth-order valence-electron chi connectivity index (χ4n) is 6.15. The van der Waals surface area contributed by atoms with Crippen LogP contribution in [0, 0.1) is 0 Å². The predicted molar refractivity (Wildman–Crippen MR) is 381 cm³/mol. The first-order chi connectivity index (χ1) is 41.2. The van der Waals surface area contributed by atoms with E-state index < -0.39 is 0 Å². The number of furan rings is 2. The lowest BCUT2D eigenvalue weighted by Gasteiger charge is -1.95. The molecule has 0 aromatic carbocycles. The van der Waals surface area contributed by atoms with Crippen LogP contribution < -0.4 is 0 Å². The van der Waals surface area contributed by atoms with Gasteiger partial charge < -0.3 is 8.83 Å². The summed E-state index contributed by atoms with van der Waals surface area (Å²) in [5, 5.41) is 16.8. The quantitative estimate of drug-likeness (QED) is 0.0935. The van der Waals surface area contributed by atoms with Crippen molar-refractivity contribution >= 4 is 113 Å². The lowest BCUT2D eigenvalue weighted by atomic mass is 10.1. The van der Waals surface area contributed by atoms with Crippen LogP contribution in [0.2, 0.25) is 0 Å². The van der Waals surface area contributed by atoms with Crippen molar-refractivity contribution in [3.63, 3.8) is 0 Å². The second-order valence-electron chi connectivity index (χ2n) is 14.8. The summed E-state index contributed by atoms with van der Waals surface area (Å²) in [5.41, 5.74) is 3.65. The van der Waals surface area contributed by atoms with Crippen LogP contribution in [0.4, 0.5) is 0 Å². The Balaban J connectivity index is 0.000000484. The molecule has 0 aliphatic rings. The zero-order valence-electron chi connectivity index (χ0n) is 51.1. The van der Waals surface area contributed by atoms with Gasteiger partial charge in [-0.2, -0.15) is 0 Å². The number of rotatable bonds is 15. The van der Waals surface area contributed by atoms with Crippen molar-refractivity contribution in [1.82, 2.24) is 29.9 Å². The van der Waals surface area contributed by atoms with E-state index in [1.54, 1.807) is 121 Å². The van der Waals surface area contributed by atoms with Crippen LogP contribution >= 0.6 is 113 Å². The second-order valence-corrected chi connectivity index (χ2v) is 24.4. The van der Waals surface area contributed by atoms with Crippen molar-refractivity contribution in [1.29, 1.82) is 0 Å². The van der Waals surface area contributed by atoms with Crippen molar-refractivity contribution in [3.05, 3.63) is 176 Å². The monoisotopic (exact) mass is 1300 g/mol. The molecule has 0 saturated heterocycles. The molecule has 8 nitrogen and oxygen atoms in total. The average molecular weight is 1310 g/mol. The van der Waals surface area contributed by atoms with Crippen molar-refractivity contribution < 1.29 is 8.83 Å². The molecular weight excluding hydrogens is 1220 g/mol. The Hall–Kier alpha value is -4.86. The summed E-state index contributed by atoms with van der Waals surface area (Å²) in [6, 6.07) is 24.3. The number of unbranched alkanes of at least 4 members (excludes halogenated alkanes) is 5. The van der Waals surface area contributed by atoms with Crippen LogP contribution in [0.3, 0.4) is 0 Å². The van der Waals surface area contributed by atoms with Crippen molar-refractivity contribution in [2.24, 2.45) is 0 Å². The van der Waals surface area contributed by atoms with Gasteiger partial charge in [0.2, 0.25) is 0 Å². The van der Waals surface area contributed by atoms with Crippen LogP contribution in [0.15, 0.2) is 175 Å². The fraction of sp³-hybridized carbons (Fsp3) is 0.354. The molecule has 0 spiro atoms. The summed E-state index contributed by atoms with van der Waals surface area (Å²) >= 11 is 17.2. The number of thiazole rings is 6. The minimum Gasteiger partial charge on any atom is -0.463 e. The van der Waals surface area contributed by atoms with Crippen molar-refractivity contribution in [2.75, 3.05) is 0 Å². The van der Waals surface area contributed by atoms with Crippen LogP contribution in [0.1, 0.15) is 152 Å². The summed E-state index contributed by atoms with van der Waals surface area (Å²) in [6.07, 6.45) is 26.2. The van der Waals surface area contributed by atoms with E-state index in [4.69, 9.17) is 8.83 Å². The van der Waals surface area contributed by atoms with Gasteiger partial charge in [0.15, 0.2) is 10.8 Å². The molecule has 12 aromatic rings. The number of aromatic nitrogens is 6. The third-order valence-corrected chi connectivity index (χ3v) is 19.0. The maximum atomic E-state index is 5.15. The topological polar surface area (TPSA) is 104 Å². The molecule has 12 heterocycles. The molecule has 0 aliphatic heterocycles. The standard InChI is InChI=1S/C13H17NS2.C12H15NS2.2C7H5NOS.2C7H5NS2.6C2H6/c1-2-3-4-5-7-11-10-14-13(16-11)12-8-6-9-15-12;1-2-3-4-7-12-13-9-11(15-12)10-6-5-8-14-10;1-2-6(9-4-1)7-8-3-5-10-7;1-2-6(9-3-1)7-4-8-5-10-7;1-2-6(9-4-1)7-8-3-5-10-7;1-2-6(9-3-1)7-4-8-5-10-7;6*1-2/h6,8-10H,2-5,7H2,1H3;5-6,8-9H,2-4,7H2,1H3;4*1-5H;6*1-2H3. The lowest BCUT2D eigenvalue weighted by molar-refractivity contribution is 0.582. The van der Waals surface area contributed by atoms with Crippen molar-refractivity contribution in [2.45, 2.75) is 155 Å². The van der Waals surface area contributed by atoms with Gasteiger partial charge in [-0.25, -0.2) is 19.9 Å². The van der Waals surface area contributed by atoms with Gasteiger partial charge in [-0.1, -0.05) is 153 Å². The third kappa shape index (κ3) is 31.2. The Morgan fingerprint density at radius 3 is 1.30 bits per heavy atom. The smallest absolute Gasteiger partial charge is 0.162 e. The number of hydrogen-bond acceptors (Lipinski definition) is 18. The van der Waals surface area contributed by atoms with Crippen molar-refractivity contribution in [3.8, 4) is 60.7 Å². The van der Waals surface area contributed by atoms with Gasteiger partial charge in [-0.3, -0.25) is 9.97 Å². The molecule has 0 saturated carbocycles. The van der Waals surface area contributed by atoms with Gasteiger partial charge in [0.25, 0.3) is 0 Å². The third-order valence-electron chi connectivity index (χ3n) is 9.60. The van der Waals surface area contributed by atoms with Gasteiger partial charge in [-0.15, -0.1) is 113 Å². The van der Waals surface area contributed by atoms with Gasteiger partial charge in [-0.05, 0) is 95.7 Å². The predicted octanol–water partition coefficient (Wildman–Crippen LogP) is 26.3. The average Bonchev–Trinajstić information content (AvgIpc) is 4.49. The molecule has 0 unspecified atom stereocenters. The Kier molecular flexibility index (Phi) is 48.3. The molecule has 12 rings (SSSR count). The van der Waals surface area contributed by atoms with Crippen LogP contribution in [0.25, 0.3) is 60.7 Å². The zero-order chi connectivity index (χ0) is 61.0. The summed E-state index contributed by atoms with van der Waals surface area (Å²) in [4.78, 5) is 35.5. The van der Waals surface area contributed by atoms with Gasteiger partial charge >= 0.3 is 0 Å². The van der Waals surface area contributed by atoms with Crippen LogP contribution in [0.5, 0.6) is 0 Å². The van der Waals surface area contributed by atoms with E-state index in [-0.39, 0.29) is 0 Å². The van der Waals surface area contributed by atoms with Crippen LogP contribution in [-0.4, -0.2) is 29.9 Å². The SMILES string of the molecule is CC.CC.CC.CC.CC.CC.CCCCCCc1cnc(-c2cccs2)s1.CCCCCc1ncc(-c2cccs2)s1.c1coc(-c2cncs2)c1.c1coc(-c2nccs2)c1.c1csc(-c2cncs2)c1.c1csc(-c2nccs2)c1. The molecule has 0 aliphatic carbocycles. The summed E-state index contributed by atoms with van der Waals surface area (Å²) in [5.74, 6) is 1.73. The highest BCUT2D eigenvalue weighted by Crippen LogP contribution is 2.32. The Labute approximate surface area is 538 Å². The normalized spacial score (nSPS) is 9.28. The van der Waals surface area contributed by atoms with Gasteiger partial charge in [0.05, 0.1) is 52.9 Å². The number of hydrogen-bond donors (Lipinski definition) is 0. The molecule has 0 amide bonds. The molecule has 83 heavy (non-hydrogen) atoms. The van der Waals surface area contributed by atoms with E-state index >= 15 is 0 Å². The highest BCUT2D eigenvalue weighted by atomic mass is 32.1. The second kappa shape index (κ2) is 52.7. The van der Waals surface area contributed by atoms with E-state index in [0.717, 1.165) is 32.8 Å².